The van der Waals surface area contributed by atoms with E-state index in [0.717, 1.165) is 10.5 Å². The third-order valence-corrected chi connectivity index (χ3v) is 5.18. The number of hydrogen-bond acceptors (Lipinski definition) is 3. The van der Waals surface area contributed by atoms with E-state index in [-0.39, 0.29) is 6.54 Å². The van der Waals surface area contributed by atoms with Gasteiger partial charge in [-0.2, -0.15) is 0 Å². The Hall–Kier alpha value is -2.86. The van der Waals surface area contributed by atoms with Gasteiger partial charge in [-0.05, 0) is 36.6 Å². The minimum Gasteiger partial charge on any atom is -0.325 e. The molecule has 1 aliphatic heterocycles. The van der Waals surface area contributed by atoms with Gasteiger partial charge in [0.05, 0.1) is 0 Å². The minimum absolute atomic E-state index is 0.371. The van der Waals surface area contributed by atoms with Crippen LogP contribution in [-0.2, 0) is 15.1 Å². The molecule has 0 aromatic heterocycles. The Bertz CT molecular complexity index is 927. The molecule has 7 heteroatoms. The second-order valence-corrected chi connectivity index (χ2v) is 7.66. The zero-order chi connectivity index (χ0) is 20.5. The first-order valence-electron chi connectivity index (χ1n) is 9.01. The van der Waals surface area contributed by atoms with E-state index < -0.39 is 23.4 Å². The maximum absolute atomic E-state index is 12.9. The summed E-state index contributed by atoms with van der Waals surface area (Å²) in [5, 5.41) is 5.74. The van der Waals surface area contributed by atoms with Crippen LogP contribution in [0.2, 0.25) is 5.02 Å². The second-order valence-electron chi connectivity index (χ2n) is 7.25. The summed E-state index contributed by atoms with van der Waals surface area (Å²) >= 11 is 6.20. The fourth-order valence-corrected chi connectivity index (χ4v) is 3.51. The Morgan fingerprint density at radius 3 is 2.39 bits per heavy atom. The third kappa shape index (κ3) is 3.73. The van der Waals surface area contributed by atoms with Crippen molar-refractivity contribution in [3.8, 4) is 0 Å². The minimum atomic E-state index is -1.31. The number of rotatable bonds is 5. The first kappa shape index (κ1) is 19.9. The van der Waals surface area contributed by atoms with Gasteiger partial charge in [0.25, 0.3) is 5.91 Å². The Morgan fingerprint density at radius 2 is 1.79 bits per heavy atom. The SMILES string of the molecule is CC(C)c1ccc(NC(=O)CN2C(=O)N[C@@](C)(c3ccccc3Cl)C2=O)cc1. The first-order chi connectivity index (χ1) is 13.2. The summed E-state index contributed by atoms with van der Waals surface area (Å²) in [6, 6.07) is 13.6. The molecule has 1 saturated heterocycles. The molecule has 2 aromatic carbocycles. The number of nitrogens with one attached hydrogen (secondary N) is 2. The topological polar surface area (TPSA) is 78.5 Å². The summed E-state index contributed by atoms with van der Waals surface area (Å²) in [4.78, 5) is 38.6. The predicted octanol–water partition coefficient (Wildman–Crippen LogP) is 3.87. The zero-order valence-electron chi connectivity index (χ0n) is 16.0. The van der Waals surface area contributed by atoms with Crippen LogP contribution >= 0.6 is 11.6 Å². The van der Waals surface area contributed by atoms with Gasteiger partial charge in [0.1, 0.15) is 12.1 Å². The number of carbonyl (C=O) groups is 3. The fourth-order valence-electron chi connectivity index (χ4n) is 3.19. The number of halogens is 1. The molecular weight excluding hydrogens is 378 g/mol. The van der Waals surface area contributed by atoms with Crippen molar-refractivity contribution in [3.05, 3.63) is 64.7 Å². The Labute approximate surface area is 168 Å². The van der Waals surface area contributed by atoms with Gasteiger partial charge in [0.2, 0.25) is 5.91 Å². The van der Waals surface area contributed by atoms with Crippen LogP contribution in [-0.4, -0.2) is 29.3 Å². The van der Waals surface area contributed by atoms with Crippen molar-refractivity contribution in [2.45, 2.75) is 32.2 Å². The molecule has 0 unspecified atom stereocenters. The smallest absolute Gasteiger partial charge is 0.325 e. The molecule has 1 atom stereocenters. The zero-order valence-corrected chi connectivity index (χ0v) is 16.7. The average Bonchev–Trinajstić information content (AvgIpc) is 2.86. The number of imide groups is 1. The van der Waals surface area contributed by atoms with Crippen molar-refractivity contribution >= 4 is 35.1 Å². The van der Waals surface area contributed by atoms with E-state index in [4.69, 9.17) is 11.6 Å². The molecule has 0 radical (unpaired) electrons. The lowest BCUT2D eigenvalue weighted by atomic mass is 9.92. The van der Waals surface area contributed by atoms with Gasteiger partial charge in [0.15, 0.2) is 0 Å². The molecule has 0 saturated carbocycles. The van der Waals surface area contributed by atoms with Gasteiger partial charge >= 0.3 is 6.03 Å². The highest BCUT2D eigenvalue weighted by atomic mass is 35.5. The van der Waals surface area contributed by atoms with Crippen molar-refractivity contribution < 1.29 is 14.4 Å². The molecule has 2 aromatic rings. The molecule has 0 bridgehead atoms. The molecular formula is C21H22ClN3O3. The number of amides is 4. The highest BCUT2D eigenvalue weighted by Gasteiger charge is 2.50. The van der Waals surface area contributed by atoms with Crippen LogP contribution in [0.3, 0.4) is 0 Å². The standard InChI is InChI=1S/C21H22ClN3O3/c1-13(2)14-8-10-15(11-9-14)23-18(26)12-25-19(27)21(3,24-20(25)28)16-6-4-5-7-17(16)22/h4-11,13H,12H2,1-3H3,(H,23,26)(H,24,28)/t21-/m0/s1. The van der Waals surface area contributed by atoms with E-state index in [2.05, 4.69) is 24.5 Å². The molecule has 6 nitrogen and oxygen atoms in total. The lowest BCUT2D eigenvalue weighted by Crippen LogP contribution is -2.42. The summed E-state index contributed by atoms with van der Waals surface area (Å²) in [5.74, 6) is -0.585. The molecule has 1 heterocycles. The molecule has 2 N–H and O–H groups in total. The Kier molecular flexibility index (Phi) is 5.42. The normalized spacial score (nSPS) is 19.1. The molecule has 4 amide bonds. The molecule has 0 aliphatic carbocycles. The molecule has 28 heavy (non-hydrogen) atoms. The number of anilines is 1. The monoisotopic (exact) mass is 399 g/mol. The average molecular weight is 400 g/mol. The van der Waals surface area contributed by atoms with E-state index in [1.54, 1.807) is 43.3 Å². The molecule has 3 rings (SSSR count). The van der Waals surface area contributed by atoms with Crippen molar-refractivity contribution in [1.82, 2.24) is 10.2 Å². The van der Waals surface area contributed by atoms with Crippen LogP contribution in [0.5, 0.6) is 0 Å². The van der Waals surface area contributed by atoms with Gasteiger partial charge in [-0.25, -0.2) is 4.79 Å². The maximum atomic E-state index is 12.9. The van der Waals surface area contributed by atoms with Gasteiger partial charge in [-0.15, -0.1) is 0 Å². The maximum Gasteiger partial charge on any atom is 0.325 e. The molecule has 0 spiro atoms. The van der Waals surface area contributed by atoms with Crippen LogP contribution in [0.1, 0.15) is 37.8 Å². The summed E-state index contributed by atoms with van der Waals surface area (Å²) in [6.45, 7) is 5.37. The lowest BCUT2D eigenvalue weighted by molar-refractivity contribution is -0.133. The number of urea groups is 1. The quantitative estimate of drug-likeness (QED) is 0.749. The van der Waals surface area contributed by atoms with Gasteiger partial charge in [-0.3, -0.25) is 14.5 Å². The van der Waals surface area contributed by atoms with Gasteiger partial charge < -0.3 is 10.6 Å². The van der Waals surface area contributed by atoms with E-state index >= 15 is 0 Å². The first-order valence-corrected chi connectivity index (χ1v) is 9.39. The lowest BCUT2D eigenvalue weighted by Gasteiger charge is -2.23. The summed E-state index contributed by atoms with van der Waals surface area (Å²) in [5.41, 5.74) is 0.939. The number of carbonyl (C=O) groups excluding carboxylic acids is 3. The number of benzene rings is 2. The largest absolute Gasteiger partial charge is 0.325 e. The third-order valence-electron chi connectivity index (χ3n) is 4.85. The van der Waals surface area contributed by atoms with E-state index in [1.165, 1.54) is 0 Å². The number of hydrogen-bond donors (Lipinski definition) is 2. The van der Waals surface area contributed by atoms with Crippen molar-refractivity contribution in [1.29, 1.82) is 0 Å². The Balaban J connectivity index is 1.72. The molecule has 1 aliphatic rings. The molecule has 146 valence electrons. The highest BCUT2D eigenvalue weighted by Crippen LogP contribution is 2.33. The Morgan fingerprint density at radius 1 is 1.14 bits per heavy atom. The van der Waals surface area contributed by atoms with E-state index in [0.29, 0.717) is 22.2 Å². The summed E-state index contributed by atoms with van der Waals surface area (Å²) in [7, 11) is 0. The van der Waals surface area contributed by atoms with E-state index in [9.17, 15) is 14.4 Å². The van der Waals surface area contributed by atoms with Crippen LogP contribution in [0.25, 0.3) is 0 Å². The van der Waals surface area contributed by atoms with Crippen molar-refractivity contribution in [2.75, 3.05) is 11.9 Å². The van der Waals surface area contributed by atoms with Crippen LogP contribution in [0, 0.1) is 0 Å². The molecule has 1 fully saturated rings. The summed E-state index contributed by atoms with van der Waals surface area (Å²) in [6.07, 6.45) is 0. The summed E-state index contributed by atoms with van der Waals surface area (Å²) < 4.78 is 0. The van der Waals surface area contributed by atoms with Crippen LogP contribution in [0.4, 0.5) is 10.5 Å². The highest BCUT2D eigenvalue weighted by molar-refractivity contribution is 6.32. The van der Waals surface area contributed by atoms with Gasteiger partial charge in [0, 0.05) is 16.3 Å². The number of nitrogens with zero attached hydrogens (tertiary/aromatic N) is 1. The fraction of sp³-hybridized carbons (Fsp3) is 0.286. The van der Waals surface area contributed by atoms with Crippen molar-refractivity contribution in [3.63, 3.8) is 0 Å². The van der Waals surface area contributed by atoms with Gasteiger partial charge in [-0.1, -0.05) is 55.8 Å². The van der Waals surface area contributed by atoms with Crippen LogP contribution in [0.15, 0.2) is 48.5 Å². The van der Waals surface area contributed by atoms with Crippen LogP contribution < -0.4 is 10.6 Å². The van der Waals surface area contributed by atoms with Crippen molar-refractivity contribution in [2.24, 2.45) is 0 Å². The van der Waals surface area contributed by atoms with E-state index in [1.807, 2.05) is 12.1 Å². The second kappa shape index (κ2) is 7.64. The predicted molar refractivity (Wildman–Crippen MR) is 108 cm³/mol.